The number of alkyl halides is 6. The zero-order valence-electron chi connectivity index (χ0n) is 7.91. The summed E-state index contributed by atoms with van der Waals surface area (Å²) >= 11 is 0.633. The van der Waals surface area contributed by atoms with Gasteiger partial charge in [-0.2, -0.15) is 26.3 Å². The first kappa shape index (κ1) is 13.2. The summed E-state index contributed by atoms with van der Waals surface area (Å²) in [4.78, 5) is -0.428. The number of hydrogen-bond donors (Lipinski definition) is 0. The van der Waals surface area contributed by atoms with Crippen molar-refractivity contribution in [1.29, 1.82) is 0 Å². The van der Waals surface area contributed by atoms with Crippen LogP contribution in [0.1, 0.15) is 11.1 Å². The molecular formula is C9H6F6S. The van der Waals surface area contributed by atoms with Gasteiger partial charge in [0, 0.05) is 4.90 Å². The van der Waals surface area contributed by atoms with Crippen LogP contribution in [0.2, 0.25) is 0 Å². The Labute approximate surface area is 91.6 Å². The average molecular weight is 260 g/mol. The second-order valence-electron chi connectivity index (χ2n) is 2.88. The van der Waals surface area contributed by atoms with Crippen LogP contribution in [-0.2, 0) is 12.4 Å². The third-order valence-corrected chi connectivity index (χ3v) is 2.62. The molecule has 0 radical (unpaired) electrons. The van der Waals surface area contributed by atoms with Crippen LogP contribution in [0.3, 0.4) is 0 Å². The minimum atomic E-state index is -5.01. The molecule has 16 heavy (non-hydrogen) atoms. The Morgan fingerprint density at radius 3 is 1.88 bits per heavy atom. The molecule has 0 N–H and O–H groups in total. The van der Waals surface area contributed by atoms with Gasteiger partial charge in [0.15, 0.2) is 0 Å². The van der Waals surface area contributed by atoms with Crippen molar-refractivity contribution in [2.24, 2.45) is 0 Å². The Morgan fingerprint density at radius 2 is 1.50 bits per heavy atom. The van der Waals surface area contributed by atoms with Gasteiger partial charge in [-0.25, -0.2) is 0 Å². The Kier molecular flexibility index (Phi) is 3.47. The van der Waals surface area contributed by atoms with Crippen LogP contribution in [0, 0.1) is 0 Å². The molecule has 0 heterocycles. The molecule has 7 heteroatoms. The predicted octanol–water partition coefficient (Wildman–Crippen LogP) is 4.45. The fourth-order valence-corrected chi connectivity index (χ4v) is 1.87. The maximum absolute atomic E-state index is 12.5. The fraction of sp³-hybridized carbons (Fsp3) is 0.333. The van der Waals surface area contributed by atoms with Crippen LogP contribution in [0.25, 0.3) is 0 Å². The first-order valence-corrected chi connectivity index (χ1v) is 5.22. The molecule has 1 aromatic carbocycles. The summed E-state index contributed by atoms with van der Waals surface area (Å²) < 4.78 is 74.7. The molecule has 90 valence electrons. The zero-order chi connectivity index (χ0) is 12.6. The molecule has 0 nitrogen and oxygen atoms in total. The van der Waals surface area contributed by atoms with Crippen molar-refractivity contribution < 1.29 is 26.3 Å². The number of hydrogen-bond acceptors (Lipinski definition) is 1. The fourth-order valence-electron chi connectivity index (χ4n) is 1.23. The number of halogens is 6. The minimum absolute atomic E-state index is 0.428. The maximum Gasteiger partial charge on any atom is 0.418 e. The third kappa shape index (κ3) is 2.63. The van der Waals surface area contributed by atoms with E-state index in [1.165, 1.54) is 6.26 Å². The quantitative estimate of drug-likeness (QED) is 0.531. The van der Waals surface area contributed by atoms with E-state index in [0.717, 1.165) is 12.1 Å². The molecule has 0 spiro atoms. The molecule has 0 fully saturated rings. The van der Waals surface area contributed by atoms with Crippen LogP contribution >= 0.6 is 11.8 Å². The first-order chi connectivity index (χ1) is 7.18. The normalized spacial score (nSPS) is 12.9. The van der Waals surface area contributed by atoms with Crippen molar-refractivity contribution >= 4 is 11.8 Å². The molecule has 0 bridgehead atoms. The van der Waals surface area contributed by atoms with Crippen LogP contribution < -0.4 is 0 Å². The Balaban J connectivity index is 3.51. The molecule has 0 unspecified atom stereocenters. The number of rotatable bonds is 1. The van der Waals surface area contributed by atoms with Crippen molar-refractivity contribution in [3.8, 4) is 0 Å². The minimum Gasteiger partial charge on any atom is -0.166 e. The van der Waals surface area contributed by atoms with Crippen LogP contribution in [0.15, 0.2) is 23.1 Å². The van der Waals surface area contributed by atoms with Gasteiger partial charge in [0.25, 0.3) is 0 Å². The molecular weight excluding hydrogens is 254 g/mol. The Morgan fingerprint density at radius 1 is 0.938 bits per heavy atom. The highest BCUT2D eigenvalue weighted by atomic mass is 32.2. The van der Waals surface area contributed by atoms with E-state index in [2.05, 4.69) is 0 Å². The van der Waals surface area contributed by atoms with E-state index in [9.17, 15) is 26.3 Å². The van der Waals surface area contributed by atoms with E-state index in [1.807, 2.05) is 0 Å². The van der Waals surface area contributed by atoms with E-state index < -0.39 is 28.4 Å². The van der Waals surface area contributed by atoms with E-state index in [4.69, 9.17) is 0 Å². The lowest BCUT2D eigenvalue weighted by atomic mass is 10.1. The zero-order valence-corrected chi connectivity index (χ0v) is 8.72. The van der Waals surface area contributed by atoms with Crippen LogP contribution in [-0.4, -0.2) is 6.26 Å². The summed E-state index contributed by atoms with van der Waals surface area (Å²) in [5.41, 5.74) is -3.26. The van der Waals surface area contributed by atoms with Gasteiger partial charge in [0.05, 0.1) is 11.1 Å². The molecule has 0 amide bonds. The Bertz CT molecular complexity index is 379. The molecule has 1 aromatic rings. The Hall–Kier alpha value is -0.850. The summed E-state index contributed by atoms with van der Waals surface area (Å²) in [5.74, 6) is 0. The average Bonchev–Trinajstić information content (AvgIpc) is 2.13. The molecule has 0 saturated carbocycles. The van der Waals surface area contributed by atoms with Crippen molar-refractivity contribution in [2.75, 3.05) is 6.26 Å². The smallest absolute Gasteiger partial charge is 0.166 e. The van der Waals surface area contributed by atoms with Gasteiger partial charge < -0.3 is 0 Å². The van der Waals surface area contributed by atoms with Crippen molar-refractivity contribution in [2.45, 2.75) is 17.2 Å². The molecule has 0 aromatic heterocycles. The molecule has 0 aliphatic carbocycles. The topological polar surface area (TPSA) is 0 Å². The van der Waals surface area contributed by atoms with Gasteiger partial charge in [0.2, 0.25) is 0 Å². The first-order valence-electron chi connectivity index (χ1n) is 3.99. The van der Waals surface area contributed by atoms with Gasteiger partial charge in [0.1, 0.15) is 0 Å². The molecule has 0 aliphatic rings. The van der Waals surface area contributed by atoms with Crippen LogP contribution in [0.5, 0.6) is 0 Å². The summed E-state index contributed by atoms with van der Waals surface area (Å²) in [6.45, 7) is 0. The second kappa shape index (κ2) is 4.20. The standard InChI is InChI=1S/C9H6F6S/c1-16-6-4-2-3-5(8(10,11)12)7(6)9(13,14)15/h2-4H,1H3. The van der Waals surface area contributed by atoms with Gasteiger partial charge >= 0.3 is 12.4 Å². The number of thioether (sulfide) groups is 1. The number of benzene rings is 1. The van der Waals surface area contributed by atoms with Gasteiger partial charge in [-0.3, -0.25) is 0 Å². The molecule has 1 rings (SSSR count). The summed E-state index contributed by atoms with van der Waals surface area (Å²) in [6, 6.07) is 2.41. The lowest BCUT2D eigenvalue weighted by Crippen LogP contribution is -2.17. The predicted molar refractivity (Wildman–Crippen MR) is 48.2 cm³/mol. The van der Waals surface area contributed by atoms with Gasteiger partial charge in [-0.05, 0) is 18.4 Å². The van der Waals surface area contributed by atoms with E-state index >= 15 is 0 Å². The highest BCUT2D eigenvalue weighted by Crippen LogP contribution is 2.44. The summed E-state index contributed by atoms with van der Waals surface area (Å²) in [6.07, 6.45) is -8.72. The monoisotopic (exact) mass is 260 g/mol. The summed E-state index contributed by atoms with van der Waals surface area (Å²) in [7, 11) is 0. The maximum atomic E-state index is 12.5. The SMILES string of the molecule is CSc1cccc(C(F)(F)F)c1C(F)(F)F. The van der Waals surface area contributed by atoms with Crippen LogP contribution in [0.4, 0.5) is 26.3 Å². The van der Waals surface area contributed by atoms with Gasteiger partial charge in [-0.1, -0.05) is 6.07 Å². The summed E-state index contributed by atoms with van der Waals surface area (Å²) in [5, 5.41) is 0. The highest BCUT2D eigenvalue weighted by Gasteiger charge is 2.44. The van der Waals surface area contributed by atoms with Gasteiger partial charge in [-0.15, -0.1) is 11.8 Å². The van der Waals surface area contributed by atoms with Crippen molar-refractivity contribution in [1.82, 2.24) is 0 Å². The van der Waals surface area contributed by atoms with Crippen molar-refractivity contribution in [3.63, 3.8) is 0 Å². The van der Waals surface area contributed by atoms with E-state index in [-0.39, 0.29) is 0 Å². The largest absolute Gasteiger partial charge is 0.418 e. The molecule has 0 aliphatic heterocycles. The molecule has 0 atom stereocenters. The lowest BCUT2D eigenvalue weighted by Gasteiger charge is -2.17. The second-order valence-corrected chi connectivity index (χ2v) is 3.73. The third-order valence-electron chi connectivity index (χ3n) is 1.84. The molecule has 0 saturated heterocycles. The van der Waals surface area contributed by atoms with Crippen molar-refractivity contribution in [3.05, 3.63) is 29.3 Å². The highest BCUT2D eigenvalue weighted by molar-refractivity contribution is 7.98. The van der Waals surface area contributed by atoms with E-state index in [0.29, 0.717) is 17.8 Å². The lowest BCUT2D eigenvalue weighted by molar-refractivity contribution is -0.163. The van der Waals surface area contributed by atoms with E-state index in [1.54, 1.807) is 0 Å².